The summed E-state index contributed by atoms with van der Waals surface area (Å²) in [4.78, 5) is 9.47. The zero-order valence-corrected chi connectivity index (χ0v) is 12.4. The number of pyridine rings is 1. The van der Waals surface area contributed by atoms with Gasteiger partial charge >= 0.3 is 0 Å². The molecule has 0 aliphatic carbocycles. The van der Waals surface area contributed by atoms with Crippen LogP contribution in [0.25, 0.3) is 0 Å². The molecule has 2 saturated heterocycles. The van der Waals surface area contributed by atoms with Crippen molar-refractivity contribution in [2.75, 3.05) is 31.1 Å². The fourth-order valence-corrected chi connectivity index (χ4v) is 4.19. The first-order valence-corrected chi connectivity index (χ1v) is 8.17. The van der Waals surface area contributed by atoms with E-state index in [4.69, 9.17) is 0 Å². The van der Waals surface area contributed by atoms with Crippen LogP contribution in [0.3, 0.4) is 0 Å². The summed E-state index contributed by atoms with van der Waals surface area (Å²) in [6.45, 7) is 5.95. The fourth-order valence-electron chi connectivity index (χ4n) is 3.53. The van der Waals surface area contributed by atoms with Gasteiger partial charge in [-0.25, -0.2) is 4.98 Å². The molecule has 0 amide bonds. The average Bonchev–Trinajstić information content (AvgIpc) is 3.08. The molecule has 2 aromatic rings. The van der Waals surface area contributed by atoms with Crippen LogP contribution >= 0.6 is 11.3 Å². The predicted molar refractivity (Wildman–Crippen MR) is 83.1 cm³/mol. The van der Waals surface area contributed by atoms with E-state index >= 15 is 0 Å². The molecule has 2 aliphatic heterocycles. The summed E-state index contributed by atoms with van der Waals surface area (Å²) < 4.78 is 0. The van der Waals surface area contributed by atoms with E-state index in [-0.39, 0.29) is 0 Å². The SMILES string of the molecule is c1ccc(N2CC3(CCN(Cc4ccsc4)C3)C2)nc1. The third-order valence-electron chi connectivity index (χ3n) is 4.53. The maximum atomic E-state index is 4.45. The van der Waals surface area contributed by atoms with Gasteiger partial charge in [0.05, 0.1) is 0 Å². The quantitative estimate of drug-likeness (QED) is 0.864. The highest BCUT2D eigenvalue weighted by Crippen LogP contribution is 2.41. The molecule has 0 unspecified atom stereocenters. The number of thiophene rings is 1. The van der Waals surface area contributed by atoms with Crippen molar-refractivity contribution in [1.82, 2.24) is 9.88 Å². The van der Waals surface area contributed by atoms with Gasteiger partial charge in [-0.05, 0) is 47.5 Å². The van der Waals surface area contributed by atoms with Gasteiger partial charge in [-0.1, -0.05) is 6.07 Å². The summed E-state index contributed by atoms with van der Waals surface area (Å²) in [7, 11) is 0. The summed E-state index contributed by atoms with van der Waals surface area (Å²) in [5, 5.41) is 4.44. The van der Waals surface area contributed by atoms with Crippen molar-refractivity contribution in [1.29, 1.82) is 0 Å². The molecule has 0 aromatic carbocycles. The molecule has 4 heteroatoms. The minimum absolute atomic E-state index is 0.521. The van der Waals surface area contributed by atoms with Crippen LogP contribution in [-0.4, -0.2) is 36.1 Å². The van der Waals surface area contributed by atoms with E-state index < -0.39 is 0 Å². The number of hydrogen-bond donors (Lipinski definition) is 0. The van der Waals surface area contributed by atoms with Gasteiger partial charge in [0.15, 0.2) is 0 Å². The van der Waals surface area contributed by atoms with E-state index in [1.807, 2.05) is 12.3 Å². The lowest BCUT2D eigenvalue weighted by atomic mass is 9.79. The van der Waals surface area contributed by atoms with Gasteiger partial charge in [-0.3, -0.25) is 4.90 Å². The second-order valence-corrected chi connectivity index (χ2v) is 6.92. The predicted octanol–water partition coefficient (Wildman–Crippen LogP) is 2.86. The van der Waals surface area contributed by atoms with Crippen LogP contribution in [0.15, 0.2) is 41.2 Å². The molecule has 0 N–H and O–H groups in total. The highest BCUT2D eigenvalue weighted by atomic mass is 32.1. The molecule has 2 aliphatic rings. The number of anilines is 1. The van der Waals surface area contributed by atoms with Crippen molar-refractivity contribution in [2.45, 2.75) is 13.0 Å². The monoisotopic (exact) mass is 285 g/mol. The lowest BCUT2D eigenvalue weighted by Crippen LogP contribution is -2.58. The Hall–Kier alpha value is -1.39. The number of nitrogens with zero attached hydrogens (tertiary/aromatic N) is 3. The Labute approximate surface area is 123 Å². The smallest absolute Gasteiger partial charge is 0.128 e. The number of hydrogen-bond acceptors (Lipinski definition) is 4. The van der Waals surface area contributed by atoms with Crippen LogP contribution in [0.5, 0.6) is 0 Å². The Bertz CT molecular complexity index is 561. The Morgan fingerprint density at radius 1 is 1.20 bits per heavy atom. The highest BCUT2D eigenvalue weighted by Gasteiger charge is 2.47. The van der Waals surface area contributed by atoms with Crippen LogP contribution in [-0.2, 0) is 6.54 Å². The lowest BCUT2D eigenvalue weighted by molar-refractivity contribution is 0.201. The lowest BCUT2D eigenvalue weighted by Gasteiger charge is -2.48. The zero-order valence-electron chi connectivity index (χ0n) is 11.5. The first-order chi connectivity index (χ1) is 9.83. The molecule has 20 heavy (non-hydrogen) atoms. The zero-order chi connectivity index (χ0) is 13.4. The maximum absolute atomic E-state index is 4.45. The molecule has 0 radical (unpaired) electrons. The van der Waals surface area contributed by atoms with Gasteiger partial charge in [0.1, 0.15) is 5.82 Å². The molecule has 4 rings (SSSR count). The van der Waals surface area contributed by atoms with Gasteiger partial charge in [0, 0.05) is 37.8 Å². The summed E-state index contributed by atoms with van der Waals surface area (Å²) >= 11 is 1.80. The molecule has 2 aromatic heterocycles. The van der Waals surface area contributed by atoms with E-state index in [0.717, 1.165) is 12.4 Å². The first-order valence-electron chi connectivity index (χ1n) is 7.23. The standard InChI is InChI=1S/C16H19N3S/c1-2-6-17-15(3-1)19-12-16(13-19)5-7-18(11-16)9-14-4-8-20-10-14/h1-4,6,8,10H,5,7,9,11-13H2. The van der Waals surface area contributed by atoms with Crippen LogP contribution < -0.4 is 4.90 Å². The van der Waals surface area contributed by atoms with Crippen molar-refractivity contribution in [3.05, 3.63) is 46.8 Å². The molecule has 3 nitrogen and oxygen atoms in total. The minimum atomic E-state index is 0.521. The molecule has 104 valence electrons. The highest BCUT2D eigenvalue weighted by molar-refractivity contribution is 7.07. The van der Waals surface area contributed by atoms with Crippen LogP contribution in [0.1, 0.15) is 12.0 Å². The molecule has 4 heterocycles. The van der Waals surface area contributed by atoms with Crippen LogP contribution in [0.4, 0.5) is 5.82 Å². The van der Waals surface area contributed by atoms with Crippen LogP contribution in [0.2, 0.25) is 0 Å². The minimum Gasteiger partial charge on any atom is -0.355 e. The van der Waals surface area contributed by atoms with E-state index in [2.05, 4.69) is 43.7 Å². The second-order valence-electron chi connectivity index (χ2n) is 6.14. The summed E-state index contributed by atoms with van der Waals surface area (Å²) in [6.07, 6.45) is 3.22. The third kappa shape index (κ3) is 2.23. The van der Waals surface area contributed by atoms with Crippen LogP contribution in [0, 0.1) is 5.41 Å². The van der Waals surface area contributed by atoms with Gasteiger partial charge in [-0.15, -0.1) is 0 Å². The van der Waals surface area contributed by atoms with Crippen molar-refractivity contribution in [3.63, 3.8) is 0 Å². The van der Waals surface area contributed by atoms with Crippen molar-refractivity contribution in [3.8, 4) is 0 Å². The molecule has 0 atom stereocenters. The molecule has 0 saturated carbocycles. The molecule has 1 spiro atoms. The topological polar surface area (TPSA) is 19.4 Å². The summed E-state index contributed by atoms with van der Waals surface area (Å²) in [5.41, 5.74) is 1.99. The third-order valence-corrected chi connectivity index (χ3v) is 5.26. The Kier molecular flexibility index (Phi) is 3.00. The van der Waals surface area contributed by atoms with Crippen molar-refractivity contribution in [2.24, 2.45) is 5.41 Å². The molecular formula is C16H19N3S. The van der Waals surface area contributed by atoms with E-state index in [1.54, 1.807) is 11.3 Å². The summed E-state index contributed by atoms with van der Waals surface area (Å²) in [5.74, 6) is 1.13. The van der Waals surface area contributed by atoms with Gasteiger partial charge in [-0.2, -0.15) is 11.3 Å². The Morgan fingerprint density at radius 3 is 2.90 bits per heavy atom. The average molecular weight is 285 g/mol. The van der Waals surface area contributed by atoms with Gasteiger partial charge < -0.3 is 4.90 Å². The number of aromatic nitrogens is 1. The van der Waals surface area contributed by atoms with Crippen molar-refractivity contribution < 1.29 is 0 Å². The largest absolute Gasteiger partial charge is 0.355 e. The van der Waals surface area contributed by atoms with Gasteiger partial charge in [0.2, 0.25) is 0 Å². The number of likely N-dealkylation sites (tertiary alicyclic amines) is 1. The molecular weight excluding hydrogens is 266 g/mol. The maximum Gasteiger partial charge on any atom is 0.128 e. The Balaban J connectivity index is 1.36. The van der Waals surface area contributed by atoms with E-state index in [9.17, 15) is 0 Å². The van der Waals surface area contributed by atoms with E-state index in [1.165, 1.54) is 38.2 Å². The van der Waals surface area contributed by atoms with Gasteiger partial charge in [0.25, 0.3) is 0 Å². The Morgan fingerprint density at radius 2 is 2.15 bits per heavy atom. The van der Waals surface area contributed by atoms with E-state index in [0.29, 0.717) is 5.41 Å². The molecule has 0 bridgehead atoms. The molecule has 2 fully saturated rings. The summed E-state index contributed by atoms with van der Waals surface area (Å²) in [6, 6.07) is 8.42. The number of rotatable bonds is 3. The second kappa shape index (κ2) is 4.86. The fraction of sp³-hybridized carbons (Fsp3) is 0.438. The normalized spacial score (nSPS) is 21.3. The van der Waals surface area contributed by atoms with Crippen molar-refractivity contribution >= 4 is 17.2 Å². The first kappa shape index (κ1) is 12.4.